The van der Waals surface area contributed by atoms with Crippen LogP contribution in [-0.4, -0.2) is 11.0 Å². The Morgan fingerprint density at radius 3 is 2.61 bits per heavy atom. The molecule has 0 fully saturated rings. The van der Waals surface area contributed by atoms with Crippen LogP contribution in [0, 0.1) is 0 Å². The summed E-state index contributed by atoms with van der Waals surface area (Å²) < 4.78 is 0. The molecule has 0 radical (unpaired) electrons. The van der Waals surface area contributed by atoms with Crippen molar-refractivity contribution < 1.29 is 9.90 Å². The molecule has 0 aliphatic carbocycles. The number of carbonyl (C=O) groups is 1. The molecule has 2 aromatic carbocycles. The van der Waals surface area contributed by atoms with Gasteiger partial charge in [-0.05, 0) is 36.4 Å². The number of benzene rings is 2. The number of nitrogens with one attached hydrogen (secondary N) is 1. The lowest BCUT2D eigenvalue weighted by atomic mass is 10.2. The number of rotatable bonds is 2. The van der Waals surface area contributed by atoms with E-state index in [1.165, 1.54) is 12.1 Å². The Bertz CT molecular complexity index is 599. The van der Waals surface area contributed by atoms with Crippen molar-refractivity contribution in [2.75, 3.05) is 5.32 Å². The normalized spacial score (nSPS) is 10.1. The second kappa shape index (κ2) is 5.29. The Morgan fingerprint density at radius 1 is 1.11 bits per heavy atom. The second-order valence-corrected chi connectivity index (χ2v) is 4.47. The van der Waals surface area contributed by atoms with Crippen LogP contribution in [0.4, 0.5) is 5.69 Å². The van der Waals surface area contributed by atoms with Crippen LogP contribution in [0.5, 0.6) is 5.75 Å². The number of halogens is 2. The van der Waals surface area contributed by atoms with E-state index in [4.69, 9.17) is 23.2 Å². The minimum Gasteiger partial charge on any atom is -0.508 e. The number of phenols is 1. The molecular formula is C13H9Cl2NO2. The van der Waals surface area contributed by atoms with E-state index in [9.17, 15) is 9.90 Å². The molecule has 3 nitrogen and oxygen atoms in total. The molecule has 2 rings (SSSR count). The van der Waals surface area contributed by atoms with E-state index in [2.05, 4.69) is 5.32 Å². The smallest absolute Gasteiger partial charge is 0.255 e. The van der Waals surface area contributed by atoms with E-state index >= 15 is 0 Å². The zero-order valence-electron chi connectivity index (χ0n) is 9.15. The summed E-state index contributed by atoms with van der Waals surface area (Å²) in [5.41, 5.74) is 0.767. The van der Waals surface area contributed by atoms with Crippen LogP contribution >= 0.6 is 23.2 Å². The number of carbonyl (C=O) groups excluding carboxylic acids is 1. The summed E-state index contributed by atoms with van der Waals surface area (Å²) in [6, 6.07) is 10.8. The van der Waals surface area contributed by atoms with Crippen LogP contribution in [0.3, 0.4) is 0 Å². The van der Waals surface area contributed by atoms with Crippen molar-refractivity contribution in [3.8, 4) is 5.75 Å². The van der Waals surface area contributed by atoms with Crippen molar-refractivity contribution in [3.05, 3.63) is 58.1 Å². The first kappa shape index (κ1) is 12.7. The van der Waals surface area contributed by atoms with Crippen LogP contribution in [0.1, 0.15) is 10.4 Å². The summed E-state index contributed by atoms with van der Waals surface area (Å²) in [7, 11) is 0. The van der Waals surface area contributed by atoms with Crippen LogP contribution in [-0.2, 0) is 0 Å². The lowest BCUT2D eigenvalue weighted by Gasteiger charge is -2.07. The molecule has 18 heavy (non-hydrogen) atoms. The average Bonchev–Trinajstić information content (AvgIpc) is 2.34. The summed E-state index contributed by atoms with van der Waals surface area (Å²) in [4.78, 5) is 11.9. The van der Waals surface area contributed by atoms with Gasteiger partial charge in [-0.3, -0.25) is 4.79 Å². The zero-order chi connectivity index (χ0) is 13.1. The molecule has 0 spiro atoms. The largest absolute Gasteiger partial charge is 0.508 e. The maximum Gasteiger partial charge on any atom is 0.255 e. The van der Waals surface area contributed by atoms with Gasteiger partial charge in [0.05, 0.1) is 10.7 Å². The highest BCUT2D eigenvalue weighted by molar-refractivity contribution is 6.35. The SMILES string of the molecule is O=C(Nc1cc(Cl)ccc1Cl)c1cccc(O)c1. The Labute approximate surface area is 114 Å². The first-order valence-electron chi connectivity index (χ1n) is 5.12. The fraction of sp³-hybridized carbons (Fsp3) is 0. The van der Waals surface area contributed by atoms with Gasteiger partial charge >= 0.3 is 0 Å². The summed E-state index contributed by atoms with van der Waals surface area (Å²) in [5, 5.41) is 12.8. The molecule has 0 saturated carbocycles. The third-order valence-electron chi connectivity index (χ3n) is 2.28. The topological polar surface area (TPSA) is 49.3 Å². The standard InChI is InChI=1S/C13H9Cl2NO2/c14-9-4-5-11(15)12(7-9)16-13(18)8-2-1-3-10(17)6-8/h1-7,17H,(H,16,18). The highest BCUT2D eigenvalue weighted by Crippen LogP contribution is 2.26. The van der Waals surface area contributed by atoms with Crippen molar-refractivity contribution in [2.24, 2.45) is 0 Å². The summed E-state index contributed by atoms with van der Waals surface area (Å²) >= 11 is 11.8. The van der Waals surface area contributed by atoms with Crippen LogP contribution in [0.25, 0.3) is 0 Å². The molecule has 0 heterocycles. The average molecular weight is 282 g/mol. The summed E-state index contributed by atoms with van der Waals surface area (Å²) in [5.74, 6) is -0.338. The number of hydrogen-bond donors (Lipinski definition) is 2. The summed E-state index contributed by atoms with van der Waals surface area (Å²) in [6.45, 7) is 0. The molecule has 0 bridgehead atoms. The number of anilines is 1. The number of phenolic OH excluding ortho intramolecular Hbond substituents is 1. The van der Waals surface area contributed by atoms with Gasteiger partial charge in [-0.15, -0.1) is 0 Å². The predicted octanol–water partition coefficient (Wildman–Crippen LogP) is 3.95. The predicted molar refractivity (Wildman–Crippen MR) is 72.5 cm³/mol. The molecule has 0 aromatic heterocycles. The Hall–Kier alpha value is -1.71. The van der Waals surface area contributed by atoms with E-state index in [1.54, 1.807) is 30.3 Å². The minimum absolute atomic E-state index is 0.0276. The molecule has 2 N–H and O–H groups in total. The van der Waals surface area contributed by atoms with E-state index in [1.807, 2.05) is 0 Å². The van der Waals surface area contributed by atoms with Gasteiger partial charge < -0.3 is 10.4 Å². The molecule has 0 aliphatic rings. The molecule has 1 amide bonds. The van der Waals surface area contributed by atoms with Gasteiger partial charge in [-0.1, -0.05) is 29.3 Å². The fourth-order valence-corrected chi connectivity index (χ4v) is 1.77. The number of aromatic hydroxyl groups is 1. The zero-order valence-corrected chi connectivity index (χ0v) is 10.7. The van der Waals surface area contributed by atoms with E-state index in [0.29, 0.717) is 21.3 Å². The molecule has 0 saturated heterocycles. The van der Waals surface area contributed by atoms with E-state index < -0.39 is 0 Å². The molecule has 5 heteroatoms. The van der Waals surface area contributed by atoms with E-state index in [-0.39, 0.29) is 11.7 Å². The number of hydrogen-bond acceptors (Lipinski definition) is 2. The Balaban J connectivity index is 2.24. The monoisotopic (exact) mass is 281 g/mol. The minimum atomic E-state index is -0.366. The molecule has 2 aromatic rings. The molecule has 0 aliphatic heterocycles. The van der Waals surface area contributed by atoms with Crippen molar-refractivity contribution in [1.29, 1.82) is 0 Å². The van der Waals surface area contributed by atoms with Crippen LogP contribution in [0.2, 0.25) is 10.0 Å². The third kappa shape index (κ3) is 2.94. The Kier molecular flexibility index (Phi) is 3.75. The molecule has 0 unspecified atom stereocenters. The first-order chi connectivity index (χ1) is 8.56. The summed E-state index contributed by atoms with van der Waals surface area (Å²) in [6.07, 6.45) is 0. The van der Waals surface area contributed by atoms with Gasteiger partial charge in [0.15, 0.2) is 0 Å². The lowest BCUT2D eigenvalue weighted by Crippen LogP contribution is -2.11. The Morgan fingerprint density at radius 2 is 1.89 bits per heavy atom. The third-order valence-corrected chi connectivity index (χ3v) is 2.85. The molecular weight excluding hydrogens is 273 g/mol. The van der Waals surface area contributed by atoms with Crippen molar-refractivity contribution in [1.82, 2.24) is 0 Å². The van der Waals surface area contributed by atoms with Crippen LogP contribution < -0.4 is 5.32 Å². The van der Waals surface area contributed by atoms with Gasteiger partial charge in [0.1, 0.15) is 5.75 Å². The maximum absolute atomic E-state index is 11.9. The number of amides is 1. The highest BCUT2D eigenvalue weighted by atomic mass is 35.5. The van der Waals surface area contributed by atoms with Crippen LogP contribution in [0.15, 0.2) is 42.5 Å². The van der Waals surface area contributed by atoms with E-state index in [0.717, 1.165) is 0 Å². The quantitative estimate of drug-likeness (QED) is 0.876. The first-order valence-corrected chi connectivity index (χ1v) is 5.87. The van der Waals surface area contributed by atoms with Crippen molar-refractivity contribution in [3.63, 3.8) is 0 Å². The molecule has 92 valence electrons. The van der Waals surface area contributed by atoms with Gasteiger partial charge in [-0.25, -0.2) is 0 Å². The lowest BCUT2D eigenvalue weighted by molar-refractivity contribution is 0.102. The molecule has 0 atom stereocenters. The highest BCUT2D eigenvalue weighted by Gasteiger charge is 2.09. The maximum atomic E-state index is 11.9. The van der Waals surface area contributed by atoms with Gasteiger partial charge in [0, 0.05) is 10.6 Å². The fourth-order valence-electron chi connectivity index (χ4n) is 1.43. The van der Waals surface area contributed by atoms with Crippen molar-refractivity contribution >= 4 is 34.8 Å². The van der Waals surface area contributed by atoms with Gasteiger partial charge in [-0.2, -0.15) is 0 Å². The van der Waals surface area contributed by atoms with Crippen molar-refractivity contribution in [2.45, 2.75) is 0 Å². The van der Waals surface area contributed by atoms with Gasteiger partial charge in [0.2, 0.25) is 0 Å². The second-order valence-electron chi connectivity index (χ2n) is 3.63. The van der Waals surface area contributed by atoms with Gasteiger partial charge in [0.25, 0.3) is 5.91 Å².